The zero-order valence-corrected chi connectivity index (χ0v) is 8.47. The number of aromatic nitrogens is 1. The fraction of sp³-hybridized carbons (Fsp3) is 0.200. The molecule has 1 heterocycles. The summed E-state index contributed by atoms with van der Waals surface area (Å²) in [6.45, 7) is 2.38. The average molecular weight is 204 g/mol. The Morgan fingerprint density at radius 2 is 2.43 bits per heavy atom. The van der Waals surface area contributed by atoms with Crippen LogP contribution < -0.4 is 0 Å². The molecule has 0 aliphatic carbocycles. The van der Waals surface area contributed by atoms with Gasteiger partial charge in [-0.1, -0.05) is 6.07 Å². The van der Waals surface area contributed by atoms with Gasteiger partial charge in [0, 0.05) is 5.39 Å². The summed E-state index contributed by atoms with van der Waals surface area (Å²) in [5.41, 5.74) is 2.05. The van der Waals surface area contributed by atoms with E-state index in [1.54, 1.807) is 0 Å². The average Bonchev–Trinajstić information content (AvgIpc) is 2.57. The first kappa shape index (κ1) is 9.06. The molecule has 3 nitrogen and oxygen atoms in total. The first-order valence-corrected chi connectivity index (χ1v) is 4.97. The van der Waals surface area contributed by atoms with Gasteiger partial charge in [0.05, 0.1) is 16.9 Å². The lowest BCUT2D eigenvalue weighted by molar-refractivity contribution is 0.563. The van der Waals surface area contributed by atoms with Gasteiger partial charge in [0.2, 0.25) is 6.08 Å². The van der Waals surface area contributed by atoms with Crippen LogP contribution in [-0.4, -0.2) is 10.5 Å². The minimum atomic E-state index is 0.398. The van der Waals surface area contributed by atoms with Crippen LogP contribution in [0, 0.1) is 6.92 Å². The molecule has 2 rings (SSSR count). The molecule has 4 heteroatoms. The summed E-state index contributed by atoms with van der Waals surface area (Å²) in [5, 5.41) is 1.15. The minimum absolute atomic E-state index is 0.398. The molecule has 0 aliphatic heterocycles. The van der Waals surface area contributed by atoms with Crippen molar-refractivity contribution in [3.05, 3.63) is 29.5 Å². The molecule has 2 aromatic rings. The van der Waals surface area contributed by atoms with Gasteiger partial charge in [0.15, 0.2) is 0 Å². The van der Waals surface area contributed by atoms with Gasteiger partial charge in [0.1, 0.15) is 0 Å². The molecular weight excluding hydrogens is 196 g/mol. The highest BCUT2D eigenvalue weighted by molar-refractivity contribution is 7.13. The van der Waals surface area contributed by atoms with Gasteiger partial charge >= 0.3 is 0 Å². The van der Waals surface area contributed by atoms with E-state index in [0.717, 1.165) is 16.6 Å². The zero-order valence-electron chi connectivity index (χ0n) is 7.65. The Balaban J connectivity index is 2.48. The lowest BCUT2D eigenvalue weighted by atomic mass is 10.1. The molecule has 0 saturated carbocycles. The Kier molecular flexibility index (Phi) is 2.39. The third-order valence-corrected chi connectivity index (χ3v) is 2.96. The number of benzene rings is 1. The Bertz CT molecular complexity index is 512. The SMILES string of the molecule is Cc1nsc2ccc(CN=C=O)cc12. The second-order valence-corrected chi connectivity index (χ2v) is 3.81. The highest BCUT2D eigenvalue weighted by atomic mass is 32.1. The third kappa shape index (κ3) is 1.58. The number of nitrogens with zero attached hydrogens (tertiary/aromatic N) is 2. The Morgan fingerprint density at radius 3 is 3.21 bits per heavy atom. The Labute approximate surface area is 85.3 Å². The fourth-order valence-electron chi connectivity index (χ4n) is 1.33. The first-order valence-electron chi connectivity index (χ1n) is 4.20. The second kappa shape index (κ2) is 3.70. The summed E-state index contributed by atoms with van der Waals surface area (Å²) in [5.74, 6) is 0. The zero-order chi connectivity index (χ0) is 9.97. The molecule has 0 unspecified atom stereocenters. The molecule has 0 N–H and O–H groups in total. The van der Waals surface area contributed by atoms with E-state index in [1.165, 1.54) is 22.3 Å². The van der Waals surface area contributed by atoms with E-state index in [4.69, 9.17) is 0 Å². The molecule has 0 fully saturated rings. The molecule has 0 atom stereocenters. The van der Waals surface area contributed by atoms with E-state index in [-0.39, 0.29) is 0 Å². The predicted molar refractivity (Wildman–Crippen MR) is 56.2 cm³/mol. The van der Waals surface area contributed by atoms with Crippen molar-refractivity contribution in [1.82, 2.24) is 4.37 Å². The van der Waals surface area contributed by atoms with Crippen molar-refractivity contribution in [1.29, 1.82) is 0 Å². The molecule has 0 radical (unpaired) electrons. The summed E-state index contributed by atoms with van der Waals surface area (Å²) >= 11 is 1.49. The summed E-state index contributed by atoms with van der Waals surface area (Å²) in [4.78, 5) is 13.5. The molecule has 14 heavy (non-hydrogen) atoms. The van der Waals surface area contributed by atoms with E-state index < -0.39 is 0 Å². The number of carbonyl (C=O) groups excluding carboxylic acids is 1. The summed E-state index contributed by atoms with van der Waals surface area (Å²) in [6.07, 6.45) is 1.53. The van der Waals surface area contributed by atoms with Crippen molar-refractivity contribution in [3.8, 4) is 0 Å². The van der Waals surface area contributed by atoms with Crippen molar-refractivity contribution in [2.24, 2.45) is 4.99 Å². The summed E-state index contributed by atoms with van der Waals surface area (Å²) < 4.78 is 5.42. The Hall–Kier alpha value is -1.51. The monoisotopic (exact) mass is 204 g/mol. The highest BCUT2D eigenvalue weighted by Gasteiger charge is 2.02. The highest BCUT2D eigenvalue weighted by Crippen LogP contribution is 2.23. The topological polar surface area (TPSA) is 42.3 Å². The maximum absolute atomic E-state index is 9.96. The number of fused-ring (bicyclic) bond motifs is 1. The van der Waals surface area contributed by atoms with Crippen molar-refractivity contribution in [2.45, 2.75) is 13.5 Å². The smallest absolute Gasteiger partial charge is 0.211 e. The predicted octanol–water partition coefficient (Wildman–Crippen LogP) is 2.44. The molecule has 1 aromatic carbocycles. The van der Waals surface area contributed by atoms with Crippen LogP contribution in [0.1, 0.15) is 11.3 Å². The van der Waals surface area contributed by atoms with Gasteiger partial charge in [-0.3, -0.25) is 0 Å². The normalized spacial score (nSPS) is 10.1. The molecule has 0 aliphatic rings. The van der Waals surface area contributed by atoms with E-state index in [0.29, 0.717) is 6.54 Å². The molecule has 0 spiro atoms. The molecule has 1 aromatic heterocycles. The number of rotatable bonds is 2. The van der Waals surface area contributed by atoms with Crippen LogP contribution in [0.2, 0.25) is 0 Å². The lowest BCUT2D eigenvalue weighted by Gasteiger charge is -1.95. The van der Waals surface area contributed by atoms with Gasteiger partial charge in [-0.05, 0) is 36.2 Å². The maximum Gasteiger partial charge on any atom is 0.235 e. The maximum atomic E-state index is 9.96. The number of hydrogen-bond donors (Lipinski definition) is 0. The number of aryl methyl sites for hydroxylation is 1. The van der Waals surface area contributed by atoms with Crippen LogP contribution in [0.15, 0.2) is 23.2 Å². The Morgan fingerprint density at radius 1 is 1.57 bits per heavy atom. The molecule has 0 amide bonds. The van der Waals surface area contributed by atoms with Gasteiger partial charge < -0.3 is 0 Å². The number of aliphatic imine (C=N–C) groups is 1. The molecular formula is C10H8N2OS. The summed E-state index contributed by atoms with van der Waals surface area (Å²) in [7, 11) is 0. The van der Waals surface area contributed by atoms with Crippen molar-refractivity contribution in [3.63, 3.8) is 0 Å². The third-order valence-electron chi connectivity index (χ3n) is 2.04. The second-order valence-electron chi connectivity index (χ2n) is 3.01. The van der Waals surface area contributed by atoms with Crippen LogP contribution in [-0.2, 0) is 11.3 Å². The van der Waals surface area contributed by atoms with E-state index in [2.05, 4.69) is 9.37 Å². The number of isocyanates is 1. The van der Waals surface area contributed by atoms with Gasteiger partial charge in [-0.25, -0.2) is 9.79 Å². The van der Waals surface area contributed by atoms with Crippen LogP contribution in [0.25, 0.3) is 10.1 Å². The number of hydrogen-bond acceptors (Lipinski definition) is 4. The lowest BCUT2D eigenvalue weighted by Crippen LogP contribution is -1.80. The van der Waals surface area contributed by atoms with E-state index in [1.807, 2.05) is 25.1 Å². The molecule has 70 valence electrons. The summed E-state index contributed by atoms with van der Waals surface area (Å²) in [6, 6.07) is 5.99. The van der Waals surface area contributed by atoms with Crippen LogP contribution in [0.3, 0.4) is 0 Å². The van der Waals surface area contributed by atoms with E-state index in [9.17, 15) is 4.79 Å². The molecule has 0 saturated heterocycles. The van der Waals surface area contributed by atoms with Crippen molar-refractivity contribution >= 4 is 27.7 Å². The van der Waals surface area contributed by atoms with Gasteiger partial charge in [-0.15, -0.1) is 0 Å². The largest absolute Gasteiger partial charge is 0.235 e. The van der Waals surface area contributed by atoms with Crippen LogP contribution >= 0.6 is 11.5 Å². The van der Waals surface area contributed by atoms with E-state index >= 15 is 0 Å². The van der Waals surface area contributed by atoms with Crippen LogP contribution in [0.5, 0.6) is 0 Å². The van der Waals surface area contributed by atoms with Gasteiger partial charge in [0.25, 0.3) is 0 Å². The van der Waals surface area contributed by atoms with Gasteiger partial charge in [-0.2, -0.15) is 4.37 Å². The molecule has 0 bridgehead atoms. The quantitative estimate of drug-likeness (QED) is 0.557. The van der Waals surface area contributed by atoms with Crippen molar-refractivity contribution < 1.29 is 4.79 Å². The standard InChI is InChI=1S/C10H8N2OS/c1-7-9-4-8(5-11-6-13)2-3-10(9)14-12-7/h2-4H,5H2,1H3. The van der Waals surface area contributed by atoms with Crippen LogP contribution in [0.4, 0.5) is 0 Å². The first-order chi connectivity index (χ1) is 6.81. The minimum Gasteiger partial charge on any atom is -0.211 e. The fourth-order valence-corrected chi connectivity index (χ4v) is 2.10. The van der Waals surface area contributed by atoms with Crippen molar-refractivity contribution in [2.75, 3.05) is 0 Å².